The first-order valence-electron chi connectivity index (χ1n) is 8.79. The van der Waals surface area contributed by atoms with Gasteiger partial charge in [-0.2, -0.15) is 0 Å². The summed E-state index contributed by atoms with van der Waals surface area (Å²) in [7, 11) is 1.61. The Morgan fingerprint density at radius 3 is 2.52 bits per heavy atom. The van der Waals surface area contributed by atoms with Crippen LogP contribution in [0.15, 0.2) is 12.1 Å². The van der Waals surface area contributed by atoms with Gasteiger partial charge in [-0.15, -0.1) is 0 Å². The molecule has 1 amide bonds. The summed E-state index contributed by atoms with van der Waals surface area (Å²) < 4.78 is 22.0. The number of nitrogens with one attached hydrogen (secondary N) is 1. The Bertz CT molecular complexity index is 601. The highest BCUT2D eigenvalue weighted by Gasteiger charge is 2.26. The molecule has 1 atom stereocenters. The Hall–Kier alpha value is -1.99. The highest BCUT2D eigenvalue weighted by molar-refractivity contribution is 5.81. The lowest BCUT2D eigenvalue weighted by Gasteiger charge is -2.33. The average molecular weight is 350 g/mol. The van der Waals surface area contributed by atoms with E-state index < -0.39 is 0 Å². The van der Waals surface area contributed by atoms with Gasteiger partial charge < -0.3 is 24.3 Å². The molecular weight excluding hydrogens is 324 g/mol. The van der Waals surface area contributed by atoms with Crippen molar-refractivity contribution in [2.45, 2.75) is 25.9 Å². The first-order chi connectivity index (χ1) is 12.2. The van der Waals surface area contributed by atoms with Crippen LogP contribution in [0.1, 0.15) is 18.9 Å². The number of hydrogen-bond donors (Lipinski definition) is 1. The Balaban J connectivity index is 1.66. The third-order valence-electron chi connectivity index (χ3n) is 4.57. The van der Waals surface area contributed by atoms with E-state index in [-0.39, 0.29) is 11.9 Å². The molecule has 1 N–H and O–H groups in total. The van der Waals surface area contributed by atoms with Crippen molar-refractivity contribution in [1.29, 1.82) is 0 Å². The molecular formula is C18H26N2O5. The summed E-state index contributed by atoms with van der Waals surface area (Å²) >= 11 is 0. The summed E-state index contributed by atoms with van der Waals surface area (Å²) in [6, 6.07) is 3.56. The monoisotopic (exact) mass is 350 g/mol. The van der Waals surface area contributed by atoms with Gasteiger partial charge in [0.25, 0.3) is 0 Å². The van der Waals surface area contributed by atoms with Crippen LogP contribution in [0.5, 0.6) is 17.2 Å². The summed E-state index contributed by atoms with van der Waals surface area (Å²) in [5.41, 5.74) is 0.872. The van der Waals surface area contributed by atoms with Crippen LogP contribution in [-0.4, -0.2) is 63.5 Å². The SMILES string of the molecule is CC[C@@H](C(=O)NCc1cc2c(cc1OC)OCCO2)N1CCOCC1. The molecule has 1 aromatic rings. The molecule has 2 aliphatic heterocycles. The zero-order valence-corrected chi connectivity index (χ0v) is 14.9. The second-order valence-corrected chi connectivity index (χ2v) is 6.10. The highest BCUT2D eigenvalue weighted by atomic mass is 16.6. The molecule has 0 spiro atoms. The molecule has 0 aliphatic carbocycles. The zero-order chi connectivity index (χ0) is 17.6. The van der Waals surface area contributed by atoms with E-state index in [2.05, 4.69) is 10.2 Å². The number of carbonyl (C=O) groups excluding carboxylic acids is 1. The van der Waals surface area contributed by atoms with Gasteiger partial charge in [-0.05, 0) is 12.5 Å². The van der Waals surface area contributed by atoms with Crippen molar-refractivity contribution in [3.63, 3.8) is 0 Å². The van der Waals surface area contributed by atoms with E-state index in [4.69, 9.17) is 18.9 Å². The van der Waals surface area contributed by atoms with Crippen molar-refractivity contribution in [1.82, 2.24) is 10.2 Å². The summed E-state index contributed by atoms with van der Waals surface area (Å²) in [5.74, 6) is 2.08. The normalized spacial score (nSPS) is 18.5. The Labute approximate surface area is 148 Å². The molecule has 0 unspecified atom stereocenters. The van der Waals surface area contributed by atoms with Crippen LogP contribution in [0.3, 0.4) is 0 Å². The lowest BCUT2D eigenvalue weighted by molar-refractivity contribution is -0.128. The topological polar surface area (TPSA) is 69.3 Å². The van der Waals surface area contributed by atoms with Crippen LogP contribution in [0, 0.1) is 0 Å². The Kier molecular flexibility index (Phi) is 5.99. The standard InChI is InChI=1S/C18H26N2O5/c1-3-14(20-4-6-23-7-5-20)18(21)19-12-13-10-16-17(11-15(13)22-2)25-9-8-24-16/h10-11,14H,3-9,12H2,1-2H3,(H,19,21)/t14-/m0/s1. The lowest BCUT2D eigenvalue weighted by Crippen LogP contribution is -2.50. The predicted molar refractivity (Wildman–Crippen MR) is 92.3 cm³/mol. The van der Waals surface area contributed by atoms with E-state index in [1.165, 1.54) is 0 Å². The fraction of sp³-hybridized carbons (Fsp3) is 0.611. The third-order valence-corrected chi connectivity index (χ3v) is 4.57. The summed E-state index contributed by atoms with van der Waals surface area (Å²) in [4.78, 5) is 14.8. The quantitative estimate of drug-likeness (QED) is 0.831. The van der Waals surface area contributed by atoms with Crippen LogP contribution in [0.4, 0.5) is 0 Å². The molecule has 2 aliphatic rings. The maximum atomic E-state index is 12.6. The van der Waals surface area contributed by atoms with Crippen molar-refractivity contribution in [3.05, 3.63) is 17.7 Å². The number of nitrogens with zero attached hydrogens (tertiary/aromatic N) is 1. The molecule has 138 valence electrons. The molecule has 0 saturated carbocycles. The predicted octanol–water partition coefficient (Wildman–Crippen LogP) is 1.19. The van der Waals surface area contributed by atoms with Gasteiger partial charge in [0.05, 0.1) is 26.4 Å². The van der Waals surface area contributed by atoms with Crippen LogP contribution < -0.4 is 19.5 Å². The fourth-order valence-corrected chi connectivity index (χ4v) is 3.24. The van der Waals surface area contributed by atoms with Gasteiger partial charge in [0.1, 0.15) is 19.0 Å². The third kappa shape index (κ3) is 4.16. The van der Waals surface area contributed by atoms with E-state index in [0.29, 0.717) is 50.2 Å². The molecule has 1 fully saturated rings. The molecule has 25 heavy (non-hydrogen) atoms. The number of amides is 1. The number of methoxy groups -OCH3 is 1. The molecule has 3 rings (SSSR count). The average Bonchev–Trinajstić information content (AvgIpc) is 2.67. The molecule has 0 radical (unpaired) electrons. The second-order valence-electron chi connectivity index (χ2n) is 6.10. The highest BCUT2D eigenvalue weighted by Crippen LogP contribution is 2.36. The number of benzene rings is 1. The van der Waals surface area contributed by atoms with Crippen LogP contribution in [0.2, 0.25) is 0 Å². The van der Waals surface area contributed by atoms with E-state index in [0.717, 1.165) is 25.1 Å². The number of fused-ring (bicyclic) bond motifs is 1. The minimum absolute atomic E-state index is 0.0290. The first kappa shape index (κ1) is 17.8. The maximum absolute atomic E-state index is 12.6. The number of morpholine rings is 1. The molecule has 7 nitrogen and oxygen atoms in total. The van der Waals surface area contributed by atoms with Crippen molar-refractivity contribution < 1.29 is 23.7 Å². The van der Waals surface area contributed by atoms with Crippen LogP contribution >= 0.6 is 0 Å². The van der Waals surface area contributed by atoms with Crippen LogP contribution in [-0.2, 0) is 16.1 Å². The molecule has 0 aromatic heterocycles. The van der Waals surface area contributed by atoms with Gasteiger partial charge in [0.2, 0.25) is 5.91 Å². The van der Waals surface area contributed by atoms with Gasteiger partial charge in [-0.25, -0.2) is 0 Å². The van der Waals surface area contributed by atoms with Crippen molar-refractivity contribution >= 4 is 5.91 Å². The molecule has 1 aromatic carbocycles. The van der Waals surface area contributed by atoms with Gasteiger partial charge in [0, 0.05) is 31.3 Å². The van der Waals surface area contributed by atoms with E-state index >= 15 is 0 Å². The molecule has 7 heteroatoms. The first-order valence-corrected chi connectivity index (χ1v) is 8.79. The Morgan fingerprint density at radius 2 is 1.88 bits per heavy atom. The number of rotatable bonds is 6. The van der Waals surface area contributed by atoms with E-state index in [9.17, 15) is 4.79 Å². The summed E-state index contributed by atoms with van der Waals surface area (Å²) in [6.45, 7) is 6.42. The van der Waals surface area contributed by atoms with E-state index in [1.54, 1.807) is 7.11 Å². The van der Waals surface area contributed by atoms with Gasteiger partial charge in [0.15, 0.2) is 11.5 Å². The zero-order valence-electron chi connectivity index (χ0n) is 14.9. The fourth-order valence-electron chi connectivity index (χ4n) is 3.24. The number of hydrogen-bond acceptors (Lipinski definition) is 6. The van der Waals surface area contributed by atoms with Crippen LogP contribution in [0.25, 0.3) is 0 Å². The van der Waals surface area contributed by atoms with Gasteiger partial charge >= 0.3 is 0 Å². The molecule has 2 heterocycles. The van der Waals surface area contributed by atoms with E-state index in [1.807, 2.05) is 19.1 Å². The number of ether oxygens (including phenoxy) is 4. The minimum Gasteiger partial charge on any atom is -0.496 e. The van der Waals surface area contributed by atoms with Crippen molar-refractivity contribution in [2.75, 3.05) is 46.6 Å². The maximum Gasteiger partial charge on any atom is 0.237 e. The largest absolute Gasteiger partial charge is 0.496 e. The Morgan fingerprint density at radius 1 is 1.20 bits per heavy atom. The smallest absolute Gasteiger partial charge is 0.237 e. The second kappa shape index (κ2) is 8.40. The lowest BCUT2D eigenvalue weighted by atomic mass is 10.1. The van der Waals surface area contributed by atoms with Gasteiger partial charge in [-0.3, -0.25) is 9.69 Å². The number of carbonyl (C=O) groups is 1. The van der Waals surface area contributed by atoms with Crippen molar-refractivity contribution in [3.8, 4) is 17.2 Å². The minimum atomic E-state index is -0.132. The molecule has 0 bridgehead atoms. The summed E-state index contributed by atoms with van der Waals surface area (Å²) in [6.07, 6.45) is 0.768. The van der Waals surface area contributed by atoms with Crippen molar-refractivity contribution in [2.24, 2.45) is 0 Å². The molecule has 1 saturated heterocycles. The van der Waals surface area contributed by atoms with Gasteiger partial charge in [-0.1, -0.05) is 6.92 Å². The summed E-state index contributed by atoms with van der Waals surface area (Å²) in [5, 5.41) is 3.03.